The molecule has 0 aliphatic rings. The van der Waals surface area contributed by atoms with Crippen LogP contribution in [0.25, 0.3) is 16.5 Å². The monoisotopic (exact) mass is 267 g/mol. The van der Waals surface area contributed by atoms with E-state index in [1.165, 1.54) is 10.9 Å². The van der Waals surface area contributed by atoms with Gasteiger partial charge in [0.05, 0.1) is 11.2 Å². The molecule has 0 spiro atoms. The van der Waals surface area contributed by atoms with Gasteiger partial charge in [0.2, 0.25) is 0 Å². The molecular formula is C19H25N. The van der Waals surface area contributed by atoms with Crippen molar-refractivity contribution in [2.24, 2.45) is 0 Å². The Bertz CT molecular complexity index is 579. The summed E-state index contributed by atoms with van der Waals surface area (Å²) in [5.41, 5.74) is 4.36. The molecule has 1 nitrogen and oxygen atoms in total. The van der Waals surface area contributed by atoms with Crippen LogP contribution in [0.15, 0.2) is 62.2 Å². The van der Waals surface area contributed by atoms with Crippen LogP contribution in [0.5, 0.6) is 0 Å². The molecule has 0 saturated carbocycles. The summed E-state index contributed by atoms with van der Waals surface area (Å²) < 4.78 is 0. The molecule has 1 aromatic heterocycles. The van der Waals surface area contributed by atoms with Gasteiger partial charge < -0.3 is 0 Å². The third-order valence-electron chi connectivity index (χ3n) is 2.75. The fraction of sp³-hybridized carbons (Fsp3) is 0.211. The quantitative estimate of drug-likeness (QED) is 0.483. The van der Waals surface area contributed by atoms with Gasteiger partial charge in [-0.3, -0.25) is 0 Å². The number of aryl methyl sites for hydroxylation is 1. The van der Waals surface area contributed by atoms with Gasteiger partial charge in [-0.1, -0.05) is 50.8 Å². The van der Waals surface area contributed by atoms with E-state index in [0.29, 0.717) is 0 Å². The molecule has 0 atom stereocenters. The standard InChI is InChI=1S/C15H15N.C2H6.C2H4/c1-4-12(5-2)15-10-11(3)13-8-6-7-9-14(13)16-15;2*1-2/h4-10H,1H2,2-3H3;1-2H3;1-2H2/b12-5+;;. The fourth-order valence-corrected chi connectivity index (χ4v) is 1.87. The van der Waals surface area contributed by atoms with E-state index in [4.69, 9.17) is 0 Å². The highest BCUT2D eigenvalue weighted by Gasteiger charge is 2.03. The molecule has 0 unspecified atom stereocenters. The molecule has 106 valence electrons. The third-order valence-corrected chi connectivity index (χ3v) is 2.75. The van der Waals surface area contributed by atoms with Crippen molar-refractivity contribution < 1.29 is 0 Å². The smallest absolute Gasteiger partial charge is 0.0712 e. The number of hydrogen-bond donors (Lipinski definition) is 0. The summed E-state index contributed by atoms with van der Waals surface area (Å²) in [4.78, 5) is 4.64. The molecule has 20 heavy (non-hydrogen) atoms. The Morgan fingerprint density at radius 1 is 1.15 bits per heavy atom. The molecule has 2 aromatic rings. The third kappa shape index (κ3) is 4.20. The van der Waals surface area contributed by atoms with Crippen molar-refractivity contribution in [2.75, 3.05) is 0 Å². The summed E-state index contributed by atoms with van der Waals surface area (Å²) >= 11 is 0. The zero-order valence-corrected chi connectivity index (χ0v) is 13.1. The first-order chi connectivity index (χ1) is 9.76. The lowest BCUT2D eigenvalue weighted by molar-refractivity contribution is 1.31. The zero-order chi connectivity index (χ0) is 15.5. The van der Waals surface area contributed by atoms with Gasteiger partial charge in [-0.05, 0) is 37.1 Å². The van der Waals surface area contributed by atoms with E-state index < -0.39 is 0 Å². The lowest BCUT2D eigenvalue weighted by Crippen LogP contribution is -1.90. The van der Waals surface area contributed by atoms with Gasteiger partial charge in [0.15, 0.2) is 0 Å². The van der Waals surface area contributed by atoms with Gasteiger partial charge >= 0.3 is 0 Å². The highest BCUT2D eigenvalue weighted by atomic mass is 14.7. The van der Waals surface area contributed by atoms with E-state index in [2.05, 4.69) is 43.8 Å². The van der Waals surface area contributed by atoms with E-state index in [9.17, 15) is 0 Å². The second-order valence-corrected chi connectivity index (χ2v) is 3.79. The van der Waals surface area contributed by atoms with Crippen LogP contribution in [0.4, 0.5) is 0 Å². The first-order valence-corrected chi connectivity index (χ1v) is 6.91. The average molecular weight is 267 g/mol. The van der Waals surface area contributed by atoms with Crippen LogP contribution in [-0.4, -0.2) is 4.98 Å². The molecule has 0 amide bonds. The summed E-state index contributed by atoms with van der Waals surface area (Å²) in [7, 11) is 0. The minimum atomic E-state index is 0.994. The summed E-state index contributed by atoms with van der Waals surface area (Å²) in [6, 6.07) is 10.3. The van der Waals surface area contributed by atoms with Gasteiger partial charge in [0.1, 0.15) is 0 Å². The number of benzene rings is 1. The van der Waals surface area contributed by atoms with Crippen molar-refractivity contribution in [2.45, 2.75) is 27.7 Å². The Balaban J connectivity index is 0.000000829. The maximum absolute atomic E-state index is 4.64. The number of pyridine rings is 1. The summed E-state index contributed by atoms with van der Waals surface area (Å²) in [5, 5.41) is 1.21. The maximum atomic E-state index is 4.64. The number of fused-ring (bicyclic) bond motifs is 1. The topological polar surface area (TPSA) is 12.9 Å². The molecule has 0 aliphatic carbocycles. The first-order valence-electron chi connectivity index (χ1n) is 6.91. The van der Waals surface area contributed by atoms with Crippen LogP contribution in [0.3, 0.4) is 0 Å². The Morgan fingerprint density at radius 2 is 1.75 bits per heavy atom. The number of para-hydroxylation sites is 1. The van der Waals surface area contributed by atoms with Crippen molar-refractivity contribution in [1.29, 1.82) is 0 Å². The molecule has 0 bridgehead atoms. The molecule has 1 heteroatoms. The lowest BCUT2D eigenvalue weighted by Gasteiger charge is -2.06. The molecular weight excluding hydrogens is 242 g/mol. The minimum Gasteiger partial charge on any atom is -0.248 e. The fourth-order valence-electron chi connectivity index (χ4n) is 1.87. The van der Waals surface area contributed by atoms with Crippen molar-refractivity contribution in [3.8, 4) is 0 Å². The summed E-state index contributed by atoms with van der Waals surface area (Å²) in [6.45, 7) is 17.9. The van der Waals surface area contributed by atoms with Crippen molar-refractivity contribution in [1.82, 2.24) is 4.98 Å². The van der Waals surface area contributed by atoms with Crippen LogP contribution in [-0.2, 0) is 0 Å². The first kappa shape index (κ1) is 17.8. The Labute approximate surface area is 123 Å². The number of hydrogen-bond acceptors (Lipinski definition) is 1. The van der Waals surface area contributed by atoms with Crippen molar-refractivity contribution in [3.63, 3.8) is 0 Å². The number of allylic oxidation sites excluding steroid dienone is 3. The summed E-state index contributed by atoms with van der Waals surface area (Å²) in [6.07, 6.45) is 3.88. The van der Waals surface area contributed by atoms with Gasteiger partial charge in [-0.2, -0.15) is 0 Å². The van der Waals surface area contributed by atoms with E-state index >= 15 is 0 Å². The normalized spacial score (nSPS) is 9.90. The van der Waals surface area contributed by atoms with Crippen LogP contribution in [0.2, 0.25) is 0 Å². The molecule has 0 N–H and O–H groups in total. The highest BCUT2D eigenvalue weighted by molar-refractivity contribution is 5.85. The highest BCUT2D eigenvalue weighted by Crippen LogP contribution is 2.21. The van der Waals surface area contributed by atoms with Gasteiger partial charge in [0.25, 0.3) is 0 Å². The zero-order valence-electron chi connectivity index (χ0n) is 13.1. The van der Waals surface area contributed by atoms with E-state index in [1.54, 1.807) is 0 Å². The predicted molar refractivity (Wildman–Crippen MR) is 92.9 cm³/mol. The van der Waals surface area contributed by atoms with Crippen molar-refractivity contribution in [3.05, 3.63) is 73.5 Å². The Hall–Kier alpha value is -2.15. The van der Waals surface area contributed by atoms with Crippen LogP contribution in [0.1, 0.15) is 32.0 Å². The molecule has 1 aromatic carbocycles. The second-order valence-electron chi connectivity index (χ2n) is 3.79. The Kier molecular flexibility index (Phi) is 8.69. The molecule has 1 heterocycles. The summed E-state index contributed by atoms with van der Waals surface area (Å²) in [5.74, 6) is 0. The van der Waals surface area contributed by atoms with Crippen LogP contribution in [0, 0.1) is 6.92 Å². The SMILES string of the molecule is C=C.C=C/C(=C\C)c1cc(C)c2ccccc2n1.CC. The van der Waals surface area contributed by atoms with Crippen LogP contribution >= 0.6 is 0 Å². The van der Waals surface area contributed by atoms with Crippen molar-refractivity contribution >= 4 is 16.5 Å². The minimum absolute atomic E-state index is 0.994. The van der Waals surface area contributed by atoms with Gasteiger partial charge in [0, 0.05) is 5.39 Å². The largest absolute Gasteiger partial charge is 0.248 e. The number of aromatic nitrogens is 1. The van der Waals surface area contributed by atoms with Gasteiger partial charge in [-0.15, -0.1) is 13.2 Å². The molecule has 0 fully saturated rings. The number of rotatable bonds is 2. The van der Waals surface area contributed by atoms with Gasteiger partial charge in [-0.25, -0.2) is 4.98 Å². The molecule has 0 radical (unpaired) electrons. The lowest BCUT2D eigenvalue weighted by atomic mass is 10.1. The number of nitrogens with zero attached hydrogens (tertiary/aromatic N) is 1. The molecule has 2 rings (SSSR count). The second kappa shape index (κ2) is 9.74. The Morgan fingerprint density at radius 3 is 2.30 bits per heavy atom. The van der Waals surface area contributed by atoms with E-state index in [1.807, 2.05) is 51.1 Å². The van der Waals surface area contributed by atoms with E-state index in [-0.39, 0.29) is 0 Å². The predicted octanol–water partition coefficient (Wildman–Crippen LogP) is 5.96. The van der Waals surface area contributed by atoms with E-state index in [0.717, 1.165) is 16.8 Å². The van der Waals surface area contributed by atoms with Crippen LogP contribution < -0.4 is 0 Å². The average Bonchev–Trinajstić information content (AvgIpc) is 2.53. The molecule has 0 aliphatic heterocycles. The maximum Gasteiger partial charge on any atom is 0.0712 e. The molecule has 0 saturated heterocycles.